The van der Waals surface area contributed by atoms with Gasteiger partial charge in [-0.1, -0.05) is 6.08 Å². The molecule has 1 unspecified atom stereocenters. The number of ketones is 1. The lowest BCUT2D eigenvalue weighted by Crippen LogP contribution is -2.39. The second-order valence-electron chi connectivity index (χ2n) is 3.07. The standard InChI is InChI=1S/C9H16FNO2/c1-3-4-9(10,7(2)13)5-8(11)6-12/h3-4,8,12H,5-6,11H2,1-2H3/b4-3+/t8-,9?/m0/s1. The van der Waals surface area contributed by atoms with E-state index in [1.807, 2.05) is 0 Å². The third-order valence-electron chi connectivity index (χ3n) is 1.81. The van der Waals surface area contributed by atoms with Gasteiger partial charge in [-0.3, -0.25) is 4.79 Å². The Morgan fingerprint density at radius 1 is 1.77 bits per heavy atom. The van der Waals surface area contributed by atoms with E-state index >= 15 is 0 Å². The highest BCUT2D eigenvalue weighted by molar-refractivity contribution is 5.87. The van der Waals surface area contributed by atoms with Crippen molar-refractivity contribution in [3.8, 4) is 0 Å². The molecule has 0 aliphatic carbocycles. The molecule has 0 spiro atoms. The molecule has 0 aliphatic rings. The van der Waals surface area contributed by atoms with E-state index in [0.717, 1.165) is 0 Å². The largest absolute Gasteiger partial charge is 0.395 e. The number of carbonyl (C=O) groups is 1. The predicted molar refractivity (Wildman–Crippen MR) is 49.0 cm³/mol. The number of halogens is 1. The van der Waals surface area contributed by atoms with Gasteiger partial charge in [0.25, 0.3) is 0 Å². The summed E-state index contributed by atoms with van der Waals surface area (Å²) in [5, 5.41) is 8.62. The van der Waals surface area contributed by atoms with Crippen molar-refractivity contribution >= 4 is 5.78 Å². The van der Waals surface area contributed by atoms with E-state index in [9.17, 15) is 9.18 Å². The first kappa shape index (κ1) is 12.3. The van der Waals surface area contributed by atoms with Crippen LogP contribution in [0.2, 0.25) is 0 Å². The first-order valence-electron chi connectivity index (χ1n) is 4.16. The molecule has 13 heavy (non-hydrogen) atoms. The molecule has 0 bridgehead atoms. The van der Waals surface area contributed by atoms with Crippen LogP contribution in [0.5, 0.6) is 0 Å². The lowest BCUT2D eigenvalue weighted by molar-refractivity contribution is -0.126. The molecular weight excluding hydrogens is 173 g/mol. The van der Waals surface area contributed by atoms with E-state index in [0.29, 0.717) is 0 Å². The highest BCUT2D eigenvalue weighted by Crippen LogP contribution is 2.21. The van der Waals surface area contributed by atoms with Gasteiger partial charge in [-0.15, -0.1) is 0 Å². The zero-order valence-corrected chi connectivity index (χ0v) is 7.96. The molecule has 0 saturated carbocycles. The molecule has 0 aliphatic heterocycles. The lowest BCUT2D eigenvalue weighted by atomic mass is 9.93. The van der Waals surface area contributed by atoms with E-state index in [1.165, 1.54) is 19.1 Å². The van der Waals surface area contributed by atoms with Crippen molar-refractivity contribution in [1.29, 1.82) is 0 Å². The summed E-state index contributed by atoms with van der Waals surface area (Å²) in [5.41, 5.74) is 3.32. The van der Waals surface area contributed by atoms with E-state index in [1.54, 1.807) is 6.92 Å². The number of rotatable bonds is 5. The van der Waals surface area contributed by atoms with Gasteiger partial charge in [-0.25, -0.2) is 4.39 Å². The Bertz CT molecular complexity index is 206. The topological polar surface area (TPSA) is 63.3 Å². The molecular formula is C9H16FNO2. The summed E-state index contributed by atoms with van der Waals surface area (Å²) in [5.74, 6) is -0.588. The number of allylic oxidation sites excluding steroid dienone is 2. The quantitative estimate of drug-likeness (QED) is 0.621. The fourth-order valence-corrected chi connectivity index (χ4v) is 1.04. The van der Waals surface area contributed by atoms with Crippen molar-refractivity contribution in [3.63, 3.8) is 0 Å². The third-order valence-corrected chi connectivity index (χ3v) is 1.81. The van der Waals surface area contributed by atoms with Crippen LogP contribution in [-0.2, 0) is 4.79 Å². The summed E-state index contributed by atoms with van der Waals surface area (Å²) < 4.78 is 13.7. The summed E-state index contributed by atoms with van der Waals surface area (Å²) in [6.45, 7) is 2.47. The highest BCUT2D eigenvalue weighted by atomic mass is 19.1. The van der Waals surface area contributed by atoms with Crippen LogP contribution in [0, 0.1) is 0 Å². The number of aliphatic hydroxyl groups is 1. The maximum atomic E-state index is 13.7. The van der Waals surface area contributed by atoms with Crippen LogP contribution in [-0.4, -0.2) is 29.2 Å². The zero-order valence-electron chi connectivity index (χ0n) is 7.96. The van der Waals surface area contributed by atoms with Gasteiger partial charge in [0.05, 0.1) is 6.61 Å². The Morgan fingerprint density at radius 2 is 2.31 bits per heavy atom. The Kier molecular flexibility index (Phi) is 4.80. The normalized spacial score (nSPS) is 18.5. The van der Waals surface area contributed by atoms with Gasteiger partial charge in [0, 0.05) is 12.5 Å². The van der Waals surface area contributed by atoms with Gasteiger partial charge in [0.1, 0.15) is 0 Å². The minimum atomic E-state index is -2.03. The molecule has 0 radical (unpaired) electrons. The Hall–Kier alpha value is -0.740. The number of aliphatic hydroxyl groups excluding tert-OH is 1. The monoisotopic (exact) mass is 189 g/mol. The molecule has 0 aromatic rings. The summed E-state index contributed by atoms with van der Waals surface area (Å²) in [6, 6.07) is -0.704. The highest BCUT2D eigenvalue weighted by Gasteiger charge is 2.33. The van der Waals surface area contributed by atoms with Crippen LogP contribution in [0.25, 0.3) is 0 Å². The third kappa shape index (κ3) is 3.65. The molecule has 0 amide bonds. The van der Waals surface area contributed by atoms with E-state index in [2.05, 4.69) is 0 Å². The average Bonchev–Trinajstić information content (AvgIpc) is 2.04. The van der Waals surface area contributed by atoms with Gasteiger partial charge < -0.3 is 10.8 Å². The molecule has 0 heterocycles. The molecule has 0 aromatic carbocycles. The molecule has 76 valence electrons. The zero-order chi connectivity index (χ0) is 10.5. The van der Waals surface area contributed by atoms with E-state index in [4.69, 9.17) is 10.8 Å². The number of carbonyl (C=O) groups excluding carboxylic acids is 1. The fourth-order valence-electron chi connectivity index (χ4n) is 1.04. The summed E-state index contributed by atoms with van der Waals surface area (Å²) >= 11 is 0. The summed E-state index contributed by atoms with van der Waals surface area (Å²) in [7, 11) is 0. The molecule has 2 atom stereocenters. The molecule has 0 fully saturated rings. The van der Waals surface area contributed by atoms with Gasteiger partial charge in [0.15, 0.2) is 11.5 Å². The van der Waals surface area contributed by atoms with Crippen LogP contribution < -0.4 is 5.73 Å². The van der Waals surface area contributed by atoms with Crippen LogP contribution in [0.4, 0.5) is 4.39 Å². The van der Waals surface area contributed by atoms with Crippen molar-refractivity contribution in [2.45, 2.75) is 32.0 Å². The molecule has 0 saturated heterocycles. The Morgan fingerprint density at radius 3 is 2.62 bits per heavy atom. The van der Waals surface area contributed by atoms with Gasteiger partial charge in [-0.2, -0.15) is 0 Å². The smallest absolute Gasteiger partial charge is 0.188 e. The van der Waals surface area contributed by atoms with Gasteiger partial charge >= 0.3 is 0 Å². The van der Waals surface area contributed by atoms with Crippen molar-refractivity contribution in [2.24, 2.45) is 5.73 Å². The number of Topliss-reactive ketones (excluding diaryl/α,β-unsaturated/α-hetero) is 1. The average molecular weight is 189 g/mol. The SMILES string of the molecule is C/C=C/C(F)(C[C@H](N)CO)C(C)=O. The van der Waals surface area contributed by atoms with Crippen molar-refractivity contribution in [1.82, 2.24) is 0 Å². The minimum Gasteiger partial charge on any atom is -0.395 e. The predicted octanol–water partition coefficient (Wildman–Crippen LogP) is 0.570. The van der Waals surface area contributed by atoms with Crippen LogP contribution >= 0.6 is 0 Å². The van der Waals surface area contributed by atoms with Gasteiger partial charge in [0.2, 0.25) is 0 Å². The van der Waals surface area contributed by atoms with Crippen LogP contribution in [0.15, 0.2) is 12.2 Å². The molecule has 0 rings (SSSR count). The molecule has 3 nitrogen and oxygen atoms in total. The van der Waals surface area contributed by atoms with Gasteiger partial charge in [-0.05, 0) is 19.9 Å². The van der Waals surface area contributed by atoms with E-state index in [-0.39, 0.29) is 13.0 Å². The second-order valence-corrected chi connectivity index (χ2v) is 3.07. The minimum absolute atomic E-state index is 0.177. The summed E-state index contributed by atoms with van der Waals surface area (Å²) in [6.07, 6.45) is 2.46. The molecule has 3 N–H and O–H groups in total. The molecule has 0 aromatic heterocycles. The first-order valence-corrected chi connectivity index (χ1v) is 4.16. The Balaban J connectivity index is 4.51. The molecule has 4 heteroatoms. The fraction of sp³-hybridized carbons (Fsp3) is 0.667. The number of hydrogen-bond acceptors (Lipinski definition) is 3. The van der Waals surface area contributed by atoms with Crippen molar-refractivity contribution in [2.75, 3.05) is 6.61 Å². The summed E-state index contributed by atoms with van der Waals surface area (Å²) in [4.78, 5) is 10.9. The number of alkyl halides is 1. The van der Waals surface area contributed by atoms with E-state index < -0.39 is 17.5 Å². The maximum absolute atomic E-state index is 13.7. The lowest BCUT2D eigenvalue weighted by Gasteiger charge is -2.21. The number of hydrogen-bond donors (Lipinski definition) is 2. The van der Waals surface area contributed by atoms with Crippen LogP contribution in [0.3, 0.4) is 0 Å². The van der Waals surface area contributed by atoms with Crippen molar-refractivity contribution < 1.29 is 14.3 Å². The number of nitrogens with two attached hydrogens (primary N) is 1. The van der Waals surface area contributed by atoms with Crippen LogP contribution in [0.1, 0.15) is 20.3 Å². The first-order chi connectivity index (χ1) is 5.96. The Labute approximate surface area is 77.4 Å². The maximum Gasteiger partial charge on any atom is 0.188 e. The van der Waals surface area contributed by atoms with Crippen molar-refractivity contribution in [3.05, 3.63) is 12.2 Å². The second kappa shape index (κ2) is 5.09.